The Morgan fingerprint density at radius 3 is 2.62 bits per heavy atom. The van der Waals surface area contributed by atoms with Crippen molar-refractivity contribution in [3.05, 3.63) is 24.5 Å². The van der Waals surface area contributed by atoms with Gasteiger partial charge in [-0.1, -0.05) is 33.6 Å². The lowest BCUT2D eigenvalue weighted by molar-refractivity contribution is -0.125. The van der Waals surface area contributed by atoms with Gasteiger partial charge in [0.15, 0.2) is 17.5 Å². The predicted octanol–water partition coefficient (Wildman–Crippen LogP) is 4.10. The normalized spacial score (nSPS) is 20.1. The summed E-state index contributed by atoms with van der Waals surface area (Å²) in [7, 11) is 1.44. The summed E-state index contributed by atoms with van der Waals surface area (Å²) in [4.78, 5) is 16.2. The summed E-state index contributed by atoms with van der Waals surface area (Å²) in [6.45, 7) is 12.2. The van der Waals surface area contributed by atoms with Crippen molar-refractivity contribution in [1.82, 2.24) is 10.2 Å². The number of hydrogen-bond donors (Lipinski definition) is 1. The molecule has 1 rings (SSSR count). The highest BCUT2D eigenvalue weighted by atomic mass is 19.1. The summed E-state index contributed by atoms with van der Waals surface area (Å²) in [5.41, 5.74) is 0. The average Bonchev–Trinajstić information content (AvgIpc) is 3.08. The summed E-state index contributed by atoms with van der Waals surface area (Å²) in [6.07, 6.45) is 5.79. The maximum Gasteiger partial charge on any atom is 0.215 e. The van der Waals surface area contributed by atoms with Gasteiger partial charge in [0.2, 0.25) is 6.41 Å². The van der Waals surface area contributed by atoms with Crippen LogP contribution >= 0.6 is 0 Å². The molecule has 0 aromatic rings. The van der Waals surface area contributed by atoms with Gasteiger partial charge in [-0.2, -0.15) is 0 Å². The highest BCUT2D eigenvalue weighted by Gasteiger charge is 2.26. The van der Waals surface area contributed by atoms with Crippen LogP contribution in [0.1, 0.15) is 59.8 Å². The van der Waals surface area contributed by atoms with E-state index in [4.69, 9.17) is 9.47 Å². The molecule has 0 spiro atoms. The van der Waals surface area contributed by atoms with Crippen LogP contribution in [0.5, 0.6) is 0 Å². The second-order valence-corrected chi connectivity index (χ2v) is 5.68. The molecule has 2 atom stereocenters. The first kappa shape index (κ1) is 24.1. The van der Waals surface area contributed by atoms with Crippen LogP contribution in [0.4, 0.5) is 4.39 Å². The maximum atomic E-state index is 14.4. The highest BCUT2D eigenvalue weighted by Crippen LogP contribution is 2.22. The first-order valence-electron chi connectivity index (χ1n) is 9.33. The summed E-state index contributed by atoms with van der Waals surface area (Å²) in [5.74, 6) is -0.516. The van der Waals surface area contributed by atoms with Crippen LogP contribution in [-0.2, 0) is 14.3 Å². The molecular weight excluding hydrogens is 337 g/mol. The minimum absolute atomic E-state index is 0.0478. The molecule has 0 aliphatic carbocycles. The number of aliphatic imine (C=N–C) groups is 1. The van der Waals surface area contributed by atoms with E-state index in [0.29, 0.717) is 19.4 Å². The molecule has 0 bridgehead atoms. The zero-order valence-electron chi connectivity index (χ0n) is 16.8. The molecule has 1 aliphatic heterocycles. The van der Waals surface area contributed by atoms with Gasteiger partial charge in [-0.15, -0.1) is 0 Å². The second kappa shape index (κ2) is 14.3. The van der Waals surface area contributed by atoms with Crippen molar-refractivity contribution in [3.63, 3.8) is 0 Å². The molecule has 1 aliphatic rings. The summed E-state index contributed by atoms with van der Waals surface area (Å²) >= 11 is 0. The van der Waals surface area contributed by atoms with Crippen molar-refractivity contribution >= 4 is 12.2 Å². The lowest BCUT2D eigenvalue weighted by Crippen LogP contribution is -2.31. The number of hydrogen-bond acceptors (Lipinski definition) is 4. The van der Waals surface area contributed by atoms with Crippen molar-refractivity contribution in [3.8, 4) is 0 Å². The van der Waals surface area contributed by atoms with Crippen LogP contribution in [0.25, 0.3) is 0 Å². The van der Waals surface area contributed by atoms with Crippen molar-refractivity contribution in [2.24, 2.45) is 4.99 Å². The summed E-state index contributed by atoms with van der Waals surface area (Å²) < 4.78 is 25.3. The van der Waals surface area contributed by atoms with Gasteiger partial charge < -0.3 is 14.8 Å². The number of rotatable bonds is 10. The van der Waals surface area contributed by atoms with Crippen LogP contribution in [0.2, 0.25) is 0 Å². The van der Waals surface area contributed by atoms with E-state index in [-0.39, 0.29) is 17.8 Å². The SMILES string of the molecule is C=C(NC(=NC)/C(F)=C\N(C=O)C1CCC(C)O1)OCCCCC.CC. The average molecular weight is 371 g/mol. The number of nitrogens with one attached hydrogen (secondary N) is 1. The summed E-state index contributed by atoms with van der Waals surface area (Å²) in [6, 6.07) is 0. The van der Waals surface area contributed by atoms with Gasteiger partial charge in [0.05, 0.1) is 12.7 Å². The molecule has 7 heteroatoms. The van der Waals surface area contributed by atoms with Crippen molar-refractivity contribution in [1.29, 1.82) is 0 Å². The Kier molecular flexibility index (Phi) is 13.3. The standard InChI is InChI=1S/C17H28FN3O3.C2H6/c1-5-6-7-10-23-14(3)20-17(19-4)15(18)11-21(12-22)16-9-8-13(2)24-16;1-2/h11-13,16H,3,5-10H2,1-2,4H3,(H,19,20);1-2H3/b15-11+;. The Bertz CT molecular complexity index is 481. The van der Waals surface area contributed by atoms with Gasteiger partial charge in [0.1, 0.15) is 6.23 Å². The van der Waals surface area contributed by atoms with E-state index < -0.39 is 12.1 Å². The molecule has 26 heavy (non-hydrogen) atoms. The molecule has 1 N–H and O–H groups in total. The van der Waals surface area contributed by atoms with Crippen LogP contribution in [-0.4, -0.2) is 43.1 Å². The number of carbonyl (C=O) groups excluding carboxylic acids is 1. The van der Waals surface area contributed by atoms with E-state index in [0.717, 1.165) is 31.9 Å². The van der Waals surface area contributed by atoms with Gasteiger partial charge in [-0.25, -0.2) is 4.39 Å². The summed E-state index contributed by atoms with van der Waals surface area (Å²) in [5, 5.41) is 2.68. The smallest absolute Gasteiger partial charge is 0.215 e. The third-order valence-corrected chi connectivity index (χ3v) is 3.66. The van der Waals surface area contributed by atoms with Crippen LogP contribution < -0.4 is 5.32 Å². The third kappa shape index (κ3) is 8.99. The molecule has 1 heterocycles. The molecule has 0 radical (unpaired) electrons. The third-order valence-electron chi connectivity index (χ3n) is 3.66. The molecule has 1 saturated heterocycles. The molecular formula is C19H34FN3O3. The molecule has 0 aromatic heterocycles. The minimum atomic E-state index is -0.689. The van der Waals surface area contributed by atoms with Gasteiger partial charge in [0.25, 0.3) is 0 Å². The fourth-order valence-corrected chi connectivity index (χ4v) is 2.31. The van der Waals surface area contributed by atoms with Crippen LogP contribution in [0.3, 0.4) is 0 Å². The van der Waals surface area contributed by atoms with E-state index in [9.17, 15) is 9.18 Å². The van der Waals surface area contributed by atoms with Gasteiger partial charge >= 0.3 is 0 Å². The molecule has 1 fully saturated rings. The molecule has 0 aromatic carbocycles. The number of halogens is 1. The maximum absolute atomic E-state index is 14.4. The Morgan fingerprint density at radius 1 is 1.42 bits per heavy atom. The lowest BCUT2D eigenvalue weighted by atomic mass is 10.2. The van der Waals surface area contributed by atoms with E-state index >= 15 is 0 Å². The molecule has 1 amide bonds. The number of amidine groups is 1. The first-order valence-corrected chi connectivity index (χ1v) is 9.33. The van der Waals surface area contributed by atoms with E-state index in [2.05, 4.69) is 23.8 Å². The van der Waals surface area contributed by atoms with Crippen molar-refractivity contribution in [2.45, 2.75) is 72.1 Å². The van der Waals surface area contributed by atoms with E-state index in [1.165, 1.54) is 11.9 Å². The Hall–Kier alpha value is -1.89. The fourth-order valence-electron chi connectivity index (χ4n) is 2.31. The van der Waals surface area contributed by atoms with E-state index in [1.807, 2.05) is 20.8 Å². The van der Waals surface area contributed by atoms with Crippen LogP contribution in [0.15, 0.2) is 29.5 Å². The predicted molar refractivity (Wildman–Crippen MR) is 103 cm³/mol. The van der Waals surface area contributed by atoms with Crippen LogP contribution in [0, 0.1) is 0 Å². The van der Waals surface area contributed by atoms with Crippen molar-refractivity contribution < 1.29 is 18.7 Å². The molecule has 6 nitrogen and oxygen atoms in total. The van der Waals surface area contributed by atoms with Gasteiger partial charge in [0, 0.05) is 13.2 Å². The Morgan fingerprint density at radius 2 is 2.12 bits per heavy atom. The first-order chi connectivity index (χ1) is 12.5. The molecule has 0 saturated carbocycles. The number of amides is 1. The Labute approximate surface area is 157 Å². The van der Waals surface area contributed by atoms with Gasteiger partial charge in [-0.05, 0) is 32.8 Å². The zero-order valence-corrected chi connectivity index (χ0v) is 16.8. The Balaban J connectivity index is 0.00000301. The molecule has 150 valence electrons. The molecule has 2 unspecified atom stereocenters. The van der Waals surface area contributed by atoms with Gasteiger partial charge in [-0.3, -0.25) is 14.7 Å². The fraction of sp³-hybridized carbons (Fsp3) is 0.684. The second-order valence-electron chi connectivity index (χ2n) is 5.68. The zero-order chi connectivity index (χ0) is 19.9. The number of unbranched alkanes of at least 4 members (excludes halogenated alkanes) is 2. The highest BCUT2D eigenvalue weighted by molar-refractivity contribution is 5.97. The van der Waals surface area contributed by atoms with Crippen molar-refractivity contribution in [2.75, 3.05) is 13.7 Å². The minimum Gasteiger partial charge on any atom is -0.479 e. The topological polar surface area (TPSA) is 63.2 Å². The number of carbonyl (C=O) groups is 1. The quantitative estimate of drug-likeness (QED) is 0.206. The number of nitrogens with zero attached hydrogens (tertiary/aromatic N) is 2. The lowest BCUT2D eigenvalue weighted by Gasteiger charge is -2.21. The van der Waals surface area contributed by atoms with E-state index in [1.54, 1.807) is 0 Å². The largest absolute Gasteiger partial charge is 0.479 e. The number of ether oxygens (including phenoxy) is 2. The monoisotopic (exact) mass is 371 g/mol.